The van der Waals surface area contributed by atoms with Gasteiger partial charge in [-0.25, -0.2) is 0 Å². The Balaban J connectivity index is 1.57. The quantitative estimate of drug-likeness (QED) is 0.769. The van der Waals surface area contributed by atoms with E-state index in [2.05, 4.69) is 43.0 Å². The summed E-state index contributed by atoms with van der Waals surface area (Å²) in [5, 5.41) is 0. The Labute approximate surface area is 145 Å². The van der Waals surface area contributed by atoms with Gasteiger partial charge in [0.05, 0.1) is 0 Å². The number of amides is 1. The molecule has 1 aromatic rings. The Morgan fingerprint density at radius 2 is 2.00 bits per heavy atom. The molecule has 1 aromatic carbocycles. The number of carbonyl (C=O) groups is 1. The molecular weight excluding hydrogens is 294 g/mol. The summed E-state index contributed by atoms with van der Waals surface area (Å²) >= 11 is 0. The van der Waals surface area contributed by atoms with E-state index in [-0.39, 0.29) is 0 Å². The van der Waals surface area contributed by atoms with Gasteiger partial charge in [-0.15, -0.1) is 0 Å². The van der Waals surface area contributed by atoms with Gasteiger partial charge >= 0.3 is 0 Å². The van der Waals surface area contributed by atoms with Crippen LogP contribution in [0, 0.1) is 25.7 Å². The van der Waals surface area contributed by atoms with Crippen molar-refractivity contribution in [3.8, 4) is 0 Å². The first-order valence-corrected chi connectivity index (χ1v) is 9.69. The molecule has 2 unspecified atom stereocenters. The molecule has 0 N–H and O–H groups in total. The summed E-state index contributed by atoms with van der Waals surface area (Å²) < 4.78 is 0. The first-order chi connectivity index (χ1) is 11.6. The lowest BCUT2D eigenvalue weighted by atomic mass is 9.72. The number of fused-ring (bicyclic) bond motifs is 2. The van der Waals surface area contributed by atoms with Crippen molar-refractivity contribution in [3.63, 3.8) is 0 Å². The second-order valence-corrected chi connectivity index (χ2v) is 8.15. The Morgan fingerprint density at radius 1 is 1.17 bits per heavy atom. The number of aryl methyl sites for hydroxylation is 1. The van der Waals surface area contributed by atoms with Crippen LogP contribution in [0.1, 0.15) is 61.6 Å². The first kappa shape index (κ1) is 15.9. The van der Waals surface area contributed by atoms with E-state index in [1.807, 2.05) is 0 Å². The minimum atomic E-state index is 0.337. The molecule has 2 atom stereocenters. The summed E-state index contributed by atoms with van der Waals surface area (Å²) in [6.07, 6.45) is 10.9. The molecule has 2 heteroatoms. The normalized spacial score (nSPS) is 26.0. The molecule has 2 fully saturated rings. The van der Waals surface area contributed by atoms with Gasteiger partial charge < -0.3 is 4.90 Å². The molecular formula is C22H29NO. The van der Waals surface area contributed by atoms with Crippen LogP contribution < -0.4 is 0 Å². The van der Waals surface area contributed by atoms with Crippen LogP contribution in [-0.4, -0.2) is 16.8 Å². The zero-order valence-corrected chi connectivity index (χ0v) is 15.1. The molecule has 4 rings (SSSR count). The van der Waals surface area contributed by atoms with Crippen LogP contribution in [0.15, 0.2) is 29.8 Å². The van der Waals surface area contributed by atoms with Crippen molar-refractivity contribution in [2.24, 2.45) is 11.8 Å². The fourth-order valence-corrected chi connectivity index (χ4v) is 4.60. The zero-order valence-electron chi connectivity index (χ0n) is 15.1. The predicted octanol–water partition coefficient (Wildman–Crippen LogP) is 4.93. The highest BCUT2D eigenvalue weighted by Gasteiger charge is 2.38. The van der Waals surface area contributed by atoms with Crippen LogP contribution >= 0.6 is 0 Å². The summed E-state index contributed by atoms with van der Waals surface area (Å²) in [6.45, 7) is 5.13. The highest BCUT2D eigenvalue weighted by atomic mass is 16.2. The lowest BCUT2D eigenvalue weighted by Crippen LogP contribution is -2.37. The van der Waals surface area contributed by atoms with Crippen LogP contribution in [0.25, 0.3) is 0 Å². The van der Waals surface area contributed by atoms with E-state index in [9.17, 15) is 4.79 Å². The number of hydrogen-bond acceptors (Lipinski definition) is 1. The maximum Gasteiger partial charge on any atom is 0.250 e. The maximum absolute atomic E-state index is 13.3. The van der Waals surface area contributed by atoms with Crippen LogP contribution in [-0.2, 0) is 11.3 Å². The number of benzene rings is 1. The van der Waals surface area contributed by atoms with Crippen molar-refractivity contribution in [1.29, 1.82) is 0 Å². The fourth-order valence-electron chi connectivity index (χ4n) is 4.60. The van der Waals surface area contributed by atoms with Gasteiger partial charge in [-0.2, -0.15) is 0 Å². The number of allylic oxidation sites excluding steroid dienone is 1. The molecule has 24 heavy (non-hydrogen) atoms. The highest BCUT2D eigenvalue weighted by molar-refractivity contribution is 5.94. The molecule has 2 nitrogen and oxygen atoms in total. The van der Waals surface area contributed by atoms with Crippen molar-refractivity contribution >= 4 is 5.91 Å². The minimum absolute atomic E-state index is 0.337. The largest absolute Gasteiger partial charge is 0.332 e. The summed E-state index contributed by atoms with van der Waals surface area (Å²) in [6, 6.07) is 6.95. The van der Waals surface area contributed by atoms with Crippen LogP contribution in [0.5, 0.6) is 0 Å². The van der Waals surface area contributed by atoms with Crippen molar-refractivity contribution in [1.82, 2.24) is 4.90 Å². The van der Waals surface area contributed by atoms with E-state index >= 15 is 0 Å². The Bertz CT molecular complexity index is 671. The molecule has 2 saturated carbocycles. The van der Waals surface area contributed by atoms with Crippen molar-refractivity contribution in [2.75, 3.05) is 0 Å². The smallest absolute Gasteiger partial charge is 0.250 e. The average molecular weight is 323 g/mol. The van der Waals surface area contributed by atoms with Crippen molar-refractivity contribution < 1.29 is 4.79 Å². The fraction of sp³-hybridized carbons (Fsp3) is 0.591. The van der Waals surface area contributed by atoms with E-state index in [0.29, 0.717) is 17.9 Å². The molecule has 0 aliphatic heterocycles. The summed E-state index contributed by atoms with van der Waals surface area (Å²) in [7, 11) is 0. The zero-order chi connectivity index (χ0) is 16.7. The molecule has 2 bridgehead atoms. The van der Waals surface area contributed by atoms with Gasteiger partial charge in [0.2, 0.25) is 5.91 Å². The molecule has 0 aromatic heterocycles. The molecule has 0 radical (unpaired) electrons. The van der Waals surface area contributed by atoms with Gasteiger partial charge in [0, 0.05) is 18.2 Å². The average Bonchev–Trinajstić information content (AvgIpc) is 3.41. The SMILES string of the molecule is Cc1cccc(CN(C(=O)C2=CCC3CCCC2C3)C2CC2)c1C. The monoisotopic (exact) mass is 323 g/mol. The predicted molar refractivity (Wildman–Crippen MR) is 97.6 cm³/mol. The number of rotatable bonds is 4. The Hall–Kier alpha value is -1.57. The Kier molecular flexibility index (Phi) is 4.24. The molecule has 3 aliphatic carbocycles. The number of hydrogen-bond donors (Lipinski definition) is 0. The standard InChI is InChI=1S/C22H29NO/c1-15-5-3-8-19(16(15)2)14-23(20-10-11-20)22(24)21-12-9-17-6-4-7-18(21)13-17/h3,5,8,12,17-18,20H,4,6-7,9-11,13-14H2,1-2H3. The van der Waals surface area contributed by atoms with Crippen molar-refractivity contribution in [2.45, 2.75) is 71.4 Å². The molecule has 1 amide bonds. The van der Waals surface area contributed by atoms with E-state index < -0.39 is 0 Å². The first-order valence-electron chi connectivity index (χ1n) is 9.69. The van der Waals surface area contributed by atoms with Crippen LogP contribution in [0.3, 0.4) is 0 Å². The summed E-state index contributed by atoms with van der Waals surface area (Å²) in [4.78, 5) is 15.5. The molecule has 128 valence electrons. The minimum Gasteiger partial charge on any atom is -0.332 e. The lowest BCUT2D eigenvalue weighted by molar-refractivity contribution is -0.129. The summed E-state index contributed by atoms with van der Waals surface area (Å²) in [5.41, 5.74) is 5.12. The number of carbonyl (C=O) groups excluding carboxylic acids is 1. The lowest BCUT2D eigenvalue weighted by Gasteiger charge is -2.36. The Morgan fingerprint density at radius 3 is 2.79 bits per heavy atom. The van der Waals surface area contributed by atoms with Gasteiger partial charge in [0.25, 0.3) is 0 Å². The maximum atomic E-state index is 13.3. The summed E-state index contributed by atoms with van der Waals surface area (Å²) in [5.74, 6) is 1.71. The van der Waals surface area contributed by atoms with E-state index in [1.54, 1.807) is 0 Å². The molecule has 3 aliphatic rings. The molecule has 0 spiro atoms. The topological polar surface area (TPSA) is 20.3 Å². The van der Waals surface area contributed by atoms with Crippen LogP contribution in [0.4, 0.5) is 0 Å². The van der Waals surface area contributed by atoms with Gasteiger partial charge in [0.1, 0.15) is 0 Å². The number of nitrogens with zero attached hydrogens (tertiary/aromatic N) is 1. The molecule has 0 heterocycles. The van der Waals surface area contributed by atoms with E-state index in [1.165, 1.54) is 55.2 Å². The third-order valence-electron chi connectivity index (χ3n) is 6.45. The third-order valence-corrected chi connectivity index (χ3v) is 6.45. The molecule has 0 saturated heterocycles. The van der Waals surface area contributed by atoms with Crippen molar-refractivity contribution in [3.05, 3.63) is 46.5 Å². The van der Waals surface area contributed by atoms with E-state index in [4.69, 9.17) is 0 Å². The highest BCUT2D eigenvalue weighted by Crippen LogP contribution is 2.42. The van der Waals surface area contributed by atoms with Crippen LogP contribution in [0.2, 0.25) is 0 Å². The van der Waals surface area contributed by atoms with Gasteiger partial charge in [-0.05, 0) is 74.5 Å². The van der Waals surface area contributed by atoms with E-state index in [0.717, 1.165) is 24.5 Å². The second-order valence-electron chi connectivity index (χ2n) is 8.15. The van der Waals surface area contributed by atoms with Gasteiger partial charge in [-0.3, -0.25) is 4.79 Å². The second kappa shape index (κ2) is 6.38. The third kappa shape index (κ3) is 3.03. The van der Waals surface area contributed by atoms with Gasteiger partial charge in [-0.1, -0.05) is 37.1 Å². The van der Waals surface area contributed by atoms with Gasteiger partial charge in [0.15, 0.2) is 0 Å².